The summed E-state index contributed by atoms with van der Waals surface area (Å²) in [7, 11) is 1.85. The number of hydrogen-bond acceptors (Lipinski definition) is 3. The molecule has 4 heteroatoms. The van der Waals surface area contributed by atoms with Crippen LogP contribution in [0.25, 0.3) is 0 Å². The molecule has 0 unspecified atom stereocenters. The standard InChI is InChI=1S/C16H19NO3/c1-17(15-8-11-20-12-9-15)16(19)14-6-4-13(5-7-14)3-2-10-18/h4-7,15,18H,8-12H2,1H3. The van der Waals surface area contributed by atoms with Crippen LogP contribution < -0.4 is 0 Å². The summed E-state index contributed by atoms with van der Waals surface area (Å²) in [5, 5.41) is 8.64. The topological polar surface area (TPSA) is 49.8 Å². The zero-order chi connectivity index (χ0) is 14.4. The van der Waals surface area contributed by atoms with E-state index in [1.807, 2.05) is 7.05 Å². The molecular weight excluding hydrogens is 254 g/mol. The van der Waals surface area contributed by atoms with Gasteiger partial charge in [-0.15, -0.1) is 0 Å². The molecule has 1 aliphatic heterocycles. The van der Waals surface area contributed by atoms with Gasteiger partial charge < -0.3 is 14.7 Å². The van der Waals surface area contributed by atoms with Crippen LogP contribution in [-0.4, -0.2) is 48.8 Å². The lowest BCUT2D eigenvalue weighted by Gasteiger charge is -2.31. The van der Waals surface area contributed by atoms with Crippen LogP contribution in [-0.2, 0) is 4.74 Å². The number of aliphatic hydroxyl groups is 1. The molecule has 1 aromatic rings. The van der Waals surface area contributed by atoms with E-state index in [9.17, 15) is 4.79 Å². The van der Waals surface area contributed by atoms with Crippen LogP contribution in [0.3, 0.4) is 0 Å². The van der Waals surface area contributed by atoms with Gasteiger partial charge in [-0.05, 0) is 37.1 Å². The van der Waals surface area contributed by atoms with E-state index in [1.165, 1.54) is 0 Å². The van der Waals surface area contributed by atoms with Gasteiger partial charge in [0, 0.05) is 37.4 Å². The molecule has 0 radical (unpaired) electrons. The third-order valence-electron chi connectivity index (χ3n) is 3.50. The summed E-state index contributed by atoms with van der Waals surface area (Å²) < 4.78 is 5.31. The first-order chi connectivity index (χ1) is 9.72. The number of benzene rings is 1. The summed E-state index contributed by atoms with van der Waals surface area (Å²) in [6.07, 6.45) is 1.78. The largest absolute Gasteiger partial charge is 0.384 e. The normalized spacial score (nSPS) is 15.3. The maximum Gasteiger partial charge on any atom is 0.253 e. The molecule has 0 bridgehead atoms. The number of aliphatic hydroxyl groups excluding tert-OH is 1. The fraction of sp³-hybridized carbons (Fsp3) is 0.438. The van der Waals surface area contributed by atoms with Gasteiger partial charge >= 0.3 is 0 Å². The molecule has 0 atom stereocenters. The summed E-state index contributed by atoms with van der Waals surface area (Å²) in [6, 6.07) is 7.41. The average Bonchev–Trinajstić information content (AvgIpc) is 2.53. The van der Waals surface area contributed by atoms with Crippen LogP contribution in [0.4, 0.5) is 0 Å². The molecule has 20 heavy (non-hydrogen) atoms. The average molecular weight is 273 g/mol. The van der Waals surface area contributed by atoms with E-state index in [-0.39, 0.29) is 18.6 Å². The molecule has 0 saturated carbocycles. The third-order valence-corrected chi connectivity index (χ3v) is 3.50. The first kappa shape index (κ1) is 14.6. The second-order valence-corrected chi connectivity index (χ2v) is 4.80. The number of hydrogen-bond donors (Lipinski definition) is 1. The third kappa shape index (κ3) is 3.60. The zero-order valence-corrected chi connectivity index (χ0v) is 11.6. The Morgan fingerprint density at radius 3 is 2.60 bits per heavy atom. The highest BCUT2D eigenvalue weighted by atomic mass is 16.5. The SMILES string of the molecule is CN(C(=O)c1ccc(C#CCO)cc1)C1CCOCC1. The lowest BCUT2D eigenvalue weighted by molar-refractivity contribution is 0.0362. The van der Waals surface area contributed by atoms with Crippen LogP contribution in [0.2, 0.25) is 0 Å². The van der Waals surface area contributed by atoms with E-state index in [1.54, 1.807) is 29.2 Å². The summed E-state index contributed by atoms with van der Waals surface area (Å²) in [5.41, 5.74) is 1.46. The fourth-order valence-corrected chi connectivity index (χ4v) is 2.28. The smallest absolute Gasteiger partial charge is 0.253 e. The van der Waals surface area contributed by atoms with Crippen molar-refractivity contribution in [3.63, 3.8) is 0 Å². The highest BCUT2D eigenvalue weighted by Gasteiger charge is 2.23. The zero-order valence-electron chi connectivity index (χ0n) is 11.6. The Morgan fingerprint density at radius 2 is 2.00 bits per heavy atom. The van der Waals surface area contributed by atoms with E-state index < -0.39 is 0 Å². The van der Waals surface area contributed by atoms with Crippen molar-refractivity contribution >= 4 is 5.91 Å². The molecular formula is C16H19NO3. The highest BCUT2D eigenvalue weighted by molar-refractivity contribution is 5.94. The Bertz CT molecular complexity index is 507. The first-order valence-electron chi connectivity index (χ1n) is 6.77. The van der Waals surface area contributed by atoms with Gasteiger partial charge in [0.25, 0.3) is 5.91 Å². The number of amides is 1. The van der Waals surface area contributed by atoms with Crippen LogP contribution in [0.1, 0.15) is 28.8 Å². The van der Waals surface area contributed by atoms with E-state index in [2.05, 4.69) is 11.8 Å². The lowest BCUT2D eigenvalue weighted by atomic mass is 10.1. The van der Waals surface area contributed by atoms with Gasteiger partial charge in [-0.2, -0.15) is 0 Å². The second-order valence-electron chi connectivity index (χ2n) is 4.80. The van der Waals surface area contributed by atoms with Gasteiger partial charge in [-0.25, -0.2) is 0 Å². The summed E-state index contributed by atoms with van der Waals surface area (Å²) in [4.78, 5) is 14.2. The van der Waals surface area contributed by atoms with Crippen molar-refractivity contribution in [3.05, 3.63) is 35.4 Å². The monoisotopic (exact) mass is 273 g/mol. The number of carbonyl (C=O) groups excluding carboxylic acids is 1. The predicted octanol–water partition coefficient (Wildman–Crippen LogP) is 1.28. The van der Waals surface area contributed by atoms with Crippen molar-refractivity contribution in [2.45, 2.75) is 18.9 Å². The minimum atomic E-state index is -0.160. The predicted molar refractivity (Wildman–Crippen MR) is 76.3 cm³/mol. The van der Waals surface area contributed by atoms with Crippen molar-refractivity contribution < 1.29 is 14.6 Å². The molecule has 1 N–H and O–H groups in total. The maximum atomic E-state index is 12.4. The van der Waals surface area contributed by atoms with Crippen molar-refractivity contribution in [3.8, 4) is 11.8 Å². The van der Waals surface area contributed by atoms with Crippen molar-refractivity contribution in [1.29, 1.82) is 0 Å². The minimum absolute atomic E-state index is 0.0265. The summed E-state index contributed by atoms with van der Waals surface area (Å²) in [5.74, 6) is 5.42. The Balaban J connectivity index is 2.04. The van der Waals surface area contributed by atoms with Gasteiger partial charge in [0.15, 0.2) is 0 Å². The first-order valence-corrected chi connectivity index (χ1v) is 6.77. The Morgan fingerprint density at radius 1 is 1.35 bits per heavy atom. The van der Waals surface area contributed by atoms with Crippen molar-refractivity contribution in [2.75, 3.05) is 26.9 Å². The summed E-state index contributed by atoms with van der Waals surface area (Å²) >= 11 is 0. The molecule has 1 aromatic carbocycles. The van der Waals surface area contributed by atoms with Crippen molar-refractivity contribution in [1.82, 2.24) is 4.90 Å². The second kappa shape index (κ2) is 7.09. The Kier molecular flexibility index (Phi) is 5.16. The molecule has 1 fully saturated rings. The molecule has 2 rings (SSSR count). The molecule has 0 aromatic heterocycles. The van der Waals surface area contributed by atoms with Crippen LogP contribution in [0.15, 0.2) is 24.3 Å². The van der Waals surface area contributed by atoms with Crippen LogP contribution >= 0.6 is 0 Å². The number of ether oxygens (including phenoxy) is 1. The van der Waals surface area contributed by atoms with Gasteiger partial charge in [0.1, 0.15) is 6.61 Å². The molecule has 106 valence electrons. The Labute approximate surface area is 119 Å². The molecule has 1 saturated heterocycles. The van der Waals surface area contributed by atoms with E-state index in [0.717, 1.165) is 31.6 Å². The fourth-order valence-electron chi connectivity index (χ4n) is 2.28. The van der Waals surface area contributed by atoms with Gasteiger partial charge in [-0.1, -0.05) is 11.8 Å². The van der Waals surface area contributed by atoms with E-state index in [4.69, 9.17) is 9.84 Å². The summed E-state index contributed by atoms with van der Waals surface area (Å²) in [6.45, 7) is 1.28. The number of nitrogens with zero attached hydrogens (tertiary/aromatic N) is 1. The quantitative estimate of drug-likeness (QED) is 0.826. The molecule has 1 amide bonds. The van der Waals surface area contributed by atoms with Crippen molar-refractivity contribution in [2.24, 2.45) is 0 Å². The van der Waals surface area contributed by atoms with E-state index in [0.29, 0.717) is 5.56 Å². The van der Waals surface area contributed by atoms with Gasteiger partial charge in [-0.3, -0.25) is 4.79 Å². The molecule has 1 aliphatic rings. The highest BCUT2D eigenvalue weighted by Crippen LogP contribution is 2.16. The molecule has 4 nitrogen and oxygen atoms in total. The minimum Gasteiger partial charge on any atom is -0.384 e. The molecule has 0 spiro atoms. The van der Waals surface area contributed by atoms with Gasteiger partial charge in [0.2, 0.25) is 0 Å². The van der Waals surface area contributed by atoms with Crippen LogP contribution in [0, 0.1) is 11.8 Å². The van der Waals surface area contributed by atoms with Crippen LogP contribution in [0.5, 0.6) is 0 Å². The van der Waals surface area contributed by atoms with E-state index >= 15 is 0 Å². The Hall–Kier alpha value is -1.83. The number of rotatable bonds is 2. The lowest BCUT2D eigenvalue weighted by Crippen LogP contribution is -2.40. The molecule has 0 aliphatic carbocycles. The molecule has 1 heterocycles. The number of carbonyl (C=O) groups is 1. The maximum absolute atomic E-state index is 12.4. The van der Waals surface area contributed by atoms with Gasteiger partial charge in [0.05, 0.1) is 0 Å².